The van der Waals surface area contributed by atoms with Crippen molar-refractivity contribution in [2.75, 3.05) is 19.6 Å². The fourth-order valence-corrected chi connectivity index (χ4v) is 4.08. The van der Waals surface area contributed by atoms with Gasteiger partial charge in [-0.3, -0.25) is 9.59 Å². The van der Waals surface area contributed by atoms with Crippen LogP contribution in [0.15, 0.2) is 41.8 Å². The van der Waals surface area contributed by atoms with E-state index in [9.17, 15) is 18.0 Å². The van der Waals surface area contributed by atoms with Crippen LogP contribution in [0.5, 0.6) is 0 Å². The molecule has 1 aliphatic heterocycles. The number of benzene rings is 1. The van der Waals surface area contributed by atoms with Crippen molar-refractivity contribution < 1.29 is 18.0 Å². The van der Waals surface area contributed by atoms with E-state index in [1.807, 2.05) is 0 Å². The smallest absolute Gasteiger partial charge is 0.248 e. The van der Waals surface area contributed by atoms with Gasteiger partial charge < -0.3 is 11.1 Å². The number of hydrogen-bond donors (Lipinski definition) is 2. The molecule has 0 atom stereocenters. The number of sulfonamides is 1. The van der Waals surface area contributed by atoms with Crippen molar-refractivity contribution in [1.82, 2.24) is 9.62 Å². The zero-order valence-corrected chi connectivity index (χ0v) is 14.1. The van der Waals surface area contributed by atoms with Crippen LogP contribution in [0.4, 0.5) is 0 Å². The van der Waals surface area contributed by atoms with Gasteiger partial charge in [-0.1, -0.05) is 6.58 Å². The molecule has 0 saturated carbocycles. The van der Waals surface area contributed by atoms with Crippen LogP contribution in [0.25, 0.3) is 0 Å². The van der Waals surface area contributed by atoms with Crippen molar-refractivity contribution in [1.29, 1.82) is 0 Å². The average molecular weight is 351 g/mol. The minimum absolute atomic E-state index is 0.144. The second-order valence-electron chi connectivity index (χ2n) is 5.69. The van der Waals surface area contributed by atoms with Crippen molar-refractivity contribution in [3.05, 3.63) is 42.5 Å². The Morgan fingerprint density at radius 2 is 1.83 bits per heavy atom. The highest BCUT2D eigenvalue weighted by Gasteiger charge is 2.29. The Morgan fingerprint density at radius 3 is 2.33 bits per heavy atom. The zero-order valence-electron chi connectivity index (χ0n) is 13.3. The Balaban J connectivity index is 1.98. The summed E-state index contributed by atoms with van der Waals surface area (Å²) in [5, 5.41) is 2.74. The van der Waals surface area contributed by atoms with Crippen LogP contribution >= 0.6 is 0 Å². The third-order valence-corrected chi connectivity index (χ3v) is 6.01. The number of rotatable bonds is 6. The fraction of sp³-hybridized carbons (Fsp3) is 0.375. The molecule has 0 aliphatic carbocycles. The topological polar surface area (TPSA) is 110 Å². The molecule has 24 heavy (non-hydrogen) atoms. The van der Waals surface area contributed by atoms with E-state index in [-0.39, 0.29) is 22.3 Å². The minimum atomic E-state index is -3.59. The third-order valence-electron chi connectivity index (χ3n) is 4.10. The lowest BCUT2D eigenvalue weighted by Crippen LogP contribution is -2.41. The van der Waals surface area contributed by atoms with Crippen LogP contribution in [0.1, 0.15) is 23.2 Å². The lowest BCUT2D eigenvalue weighted by molar-refractivity contribution is -0.116. The summed E-state index contributed by atoms with van der Waals surface area (Å²) in [6.07, 6.45) is 2.57. The standard InChI is InChI=1S/C16H21N3O4S/c1-2-15(20)18-11-12-7-9-19(10-8-12)24(22,23)14-5-3-13(4-6-14)16(17)21/h2-6,12H,1,7-11H2,(H2,17,21)(H,18,20). The molecule has 8 heteroatoms. The van der Waals surface area contributed by atoms with Gasteiger partial charge in [0.2, 0.25) is 21.8 Å². The van der Waals surface area contributed by atoms with Crippen LogP contribution in [-0.2, 0) is 14.8 Å². The fourth-order valence-electron chi connectivity index (χ4n) is 2.61. The van der Waals surface area contributed by atoms with Crippen LogP contribution in [0.3, 0.4) is 0 Å². The summed E-state index contributed by atoms with van der Waals surface area (Å²) in [5.41, 5.74) is 5.42. The van der Waals surface area contributed by atoms with Crippen molar-refractivity contribution in [3.8, 4) is 0 Å². The molecule has 1 fully saturated rings. The van der Waals surface area contributed by atoms with E-state index in [1.165, 1.54) is 34.6 Å². The molecule has 7 nitrogen and oxygen atoms in total. The van der Waals surface area contributed by atoms with Crippen LogP contribution in [0.2, 0.25) is 0 Å². The SMILES string of the molecule is C=CC(=O)NCC1CCN(S(=O)(=O)c2ccc(C(N)=O)cc2)CC1. The summed E-state index contributed by atoms with van der Waals surface area (Å²) in [7, 11) is -3.59. The Hall–Kier alpha value is -2.19. The predicted molar refractivity (Wildman–Crippen MR) is 89.6 cm³/mol. The maximum absolute atomic E-state index is 12.6. The van der Waals surface area contributed by atoms with E-state index in [4.69, 9.17) is 5.73 Å². The lowest BCUT2D eigenvalue weighted by Gasteiger charge is -2.31. The molecule has 1 aromatic carbocycles. The molecule has 0 radical (unpaired) electrons. The summed E-state index contributed by atoms with van der Waals surface area (Å²) >= 11 is 0. The molecular formula is C16H21N3O4S. The molecule has 1 aromatic rings. The van der Waals surface area contributed by atoms with Gasteiger partial charge in [-0.2, -0.15) is 4.31 Å². The average Bonchev–Trinajstić information content (AvgIpc) is 2.60. The van der Waals surface area contributed by atoms with Gasteiger partial charge in [0, 0.05) is 25.2 Å². The van der Waals surface area contributed by atoms with Crippen molar-refractivity contribution >= 4 is 21.8 Å². The molecule has 1 aliphatic rings. The van der Waals surface area contributed by atoms with E-state index in [0.717, 1.165) is 0 Å². The summed E-state index contributed by atoms with van der Waals surface area (Å²) in [4.78, 5) is 22.4. The van der Waals surface area contributed by atoms with Gasteiger partial charge in [0.05, 0.1) is 4.90 Å². The van der Waals surface area contributed by atoms with Crippen molar-refractivity contribution in [2.24, 2.45) is 11.7 Å². The van der Waals surface area contributed by atoms with Gasteiger partial charge in [-0.15, -0.1) is 0 Å². The van der Waals surface area contributed by atoms with Gasteiger partial charge in [0.25, 0.3) is 0 Å². The predicted octanol–water partition coefficient (Wildman–Crippen LogP) is 0.488. The number of primary amides is 1. The van der Waals surface area contributed by atoms with E-state index < -0.39 is 15.9 Å². The number of nitrogens with one attached hydrogen (secondary N) is 1. The first kappa shape index (κ1) is 18.2. The van der Waals surface area contributed by atoms with E-state index in [1.54, 1.807) is 0 Å². The molecule has 3 N–H and O–H groups in total. The number of piperidine rings is 1. The Labute approximate surface area is 141 Å². The summed E-state index contributed by atoms with van der Waals surface area (Å²) in [5.74, 6) is -0.571. The molecule has 1 saturated heterocycles. The molecular weight excluding hydrogens is 330 g/mol. The number of carbonyl (C=O) groups excluding carboxylic acids is 2. The largest absolute Gasteiger partial charge is 0.366 e. The first-order valence-electron chi connectivity index (χ1n) is 7.65. The van der Waals surface area contributed by atoms with Gasteiger partial charge in [-0.25, -0.2) is 8.42 Å². The minimum Gasteiger partial charge on any atom is -0.366 e. The molecule has 0 unspecified atom stereocenters. The highest BCUT2D eigenvalue weighted by atomic mass is 32.2. The highest BCUT2D eigenvalue weighted by Crippen LogP contribution is 2.23. The normalized spacial score (nSPS) is 16.5. The van der Waals surface area contributed by atoms with Gasteiger partial charge >= 0.3 is 0 Å². The van der Waals surface area contributed by atoms with Gasteiger partial charge in [0.15, 0.2) is 0 Å². The Bertz CT molecular complexity index is 720. The Kier molecular flexibility index (Phi) is 5.74. The molecule has 0 spiro atoms. The van der Waals surface area contributed by atoms with E-state index in [2.05, 4.69) is 11.9 Å². The van der Waals surface area contributed by atoms with Crippen molar-refractivity contribution in [2.45, 2.75) is 17.7 Å². The highest BCUT2D eigenvalue weighted by molar-refractivity contribution is 7.89. The first-order chi connectivity index (χ1) is 11.3. The second kappa shape index (κ2) is 7.59. The van der Waals surface area contributed by atoms with Gasteiger partial charge in [-0.05, 0) is 49.1 Å². The summed E-state index contributed by atoms with van der Waals surface area (Å²) in [6.45, 7) is 4.71. The molecule has 1 heterocycles. The number of hydrogen-bond acceptors (Lipinski definition) is 4. The first-order valence-corrected chi connectivity index (χ1v) is 9.09. The van der Waals surface area contributed by atoms with Gasteiger partial charge in [0.1, 0.15) is 0 Å². The number of amides is 2. The monoisotopic (exact) mass is 351 g/mol. The van der Waals surface area contributed by atoms with Crippen LogP contribution < -0.4 is 11.1 Å². The quantitative estimate of drug-likeness (QED) is 0.727. The van der Waals surface area contributed by atoms with E-state index >= 15 is 0 Å². The summed E-state index contributed by atoms with van der Waals surface area (Å²) < 4.78 is 26.7. The molecule has 0 bridgehead atoms. The number of nitrogens with two attached hydrogens (primary N) is 1. The summed E-state index contributed by atoms with van der Waals surface area (Å²) in [6, 6.07) is 5.61. The molecule has 130 valence electrons. The lowest BCUT2D eigenvalue weighted by atomic mass is 9.98. The molecule has 2 amide bonds. The Morgan fingerprint density at radius 1 is 1.25 bits per heavy atom. The maximum atomic E-state index is 12.6. The number of nitrogens with zero attached hydrogens (tertiary/aromatic N) is 1. The van der Waals surface area contributed by atoms with E-state index in [0.29, 0.717) is 32.5 Å². The maximum Gasteiger partial charge on any atom is 0.248 e. The third kappa shape index (κ3) is 4.21. The van der Waals surface area contributed by atoms with Crippen LogP contribution in [0, 0.1) is 5.92 Å². The molecule has 2 rings (SSSR count). The van der Waals surface area contributed by atoms with Crippen molar-refractivity contribution in [3.63, 3.8) is 0 Å². The second-order valence-corrected chi connectivity index (χ2v) is 7.62. The number of carbonyl (C=O) groups is 2. The molecule has 0 aromatic heterocycles. The zero-order chi connectivity index (χ0) is 17.7. The van der Waals surface area contributed by atoms with Crippen LogP contribution in [-0.4, -0.2) is 44.2 Å².